The topological polar surface area (TPSA) is 84.3 Å². The molecule has 0 aromatic rings. The zero-order valence-electron chi connectivity index (χ0n) is 8.66. The van der Waals surface area contributed by atoms with Gasteiger partial charge in [0, 0.05) is 10.8 Å². The SMILES string of the molecule is CC1(C)O[C@@H]2[C@H](N=[N+]=[N-])[C@@H](C=O)C[C@@H]2O1. The standard InChI is InChI=1S/C9H13N3O3/c1-9(2)14-6-3-5(4-13)7(11-12-10)8(6)15-9/h4-8H,3H2,1-2H3/t5-,6+,7-,8+/m1/s1. The number of nitrogens with zero attached hydrogens (tertiary/aromatic N) is 3. The lowest BCUT2D eigenvalue weighted by molar-refractivity contribution is -0.156. The molecule has 1 saturated carbocycles. The average molecular weight is 211 g/mol. The molecular formula is C9H13N3O3. The Hall–Kier alpha value is -1.10. The van der Waals surface area contributed by atoms with Crippen LogP contribution in [0.1, 0.15) is 20.3 Å². The number of rotatable bonds is 2. The van der Waals surface area contributed by atoms with Crippen LogP contribution in [0.5, 0.6) is 0 Å². The average Bonchev–Trinajstić information content (AvgIpc) is 2.60. The maximum Gasteiger partial charge on any atom is 0.163 e. The summed E-state index contributed by atoms with van der Waals surface area (Å²) in [6, 6.07) is -0.431. The Bertz CT molecular complexity index is 325. The van der Waals surface area contributed by atoms with Gasteiger partial charge in [-0.05, 0) is 25.8 Å². The van der Waals surface area contributed by atoms with Crippen LogP contribution < -0.4 is 0 Å². The molecule has 0 bridgehead atoms. The summed E-state index contributed by atoms with van der Waals surface area (Å²) in [7, 11) is 0. The third kappa shape index (κ3) is 1.71. The van der Waals surface area contributed by atoms with Gasteiger partial charge in [0.05, 0.1) is 18.2 Å². The zero-order chi connectivity index (χ0) is 11.1. The van der Waals surface area contributed by atoms with Crippen molar-refractivity contribution >= 4 is 6.29 Å². The van der Waals surface area contributed by atoms with Crippen molar-refractivity contribution in [2.24, 2.45) is 11.0 Å². The fraction of sp³-hybridized carbons (Fsp3) is 0.889. The molecule has 0 amide bonds. The molecule has 1 aliphatic heterocycles. The van der Waals surface area contributed by atoms with E-state index in [9.17, 15) is 4.79 Å². The molecule has 82 valence electrons. The minimum absolute atomic E-state index is 0.134. The van der Waals surface area contributed by atoms with Gasteiger partial charge in [0.15, 0.2) is 5.79 Å². The van der Waals surface area contributed by atoms with Gasteiger partial charge in [0.2, 0.25) is 0 Å². The Balaban J connectivity index is 2.20. The highest BCUT2D eigenvalue weighted by atomic mass is 16.8. The number of aldehydes is 1. The Labute approximate surface area is 87.2 Å². The lowest BCUT2D eigenvalue weighted by Crippen LogP contribution is -2.30. The van der Waals surface area contributed by atoms with E-state index in [2.05, 4.69) is 10.0 Å². The molecule has 0 unspecified atom stereocenters. The molecule has 0 radical (unpaired) electrons. The van der Waals surface area contributed by atoms with Gasteiger partial charge < -0.3 is 14.3 Å². The first kappa shape index (κ1) is 10.4. The molecule has 0 aromatic carbocycles. The third-order valence-electron chi connectivity index (χ3n) is 2.86. The van der Waals surface area contributed by atoms with Crippen LogP contribution >= 0.6 is 0 Å². The molecule has 0 spiro atoms. The summed E-state index contributed by atoms with van der Waals surface area (Å²) >= 11 is 0. The van der Waals surface area contributed by atoms with E-state index in [-0.39, 0.29) is 18.1 Å². The highest BCUT2D eigenvalue weighted by molar-refractivity contribution is 5.56. The van der Waals surface area contributed by atoms with Crippen LogP contribution in [0, 0.1) is 5.92 Å². The Kier molecular flexibility index (Phi) is 2.42. The number of azide groups is 1. The van der Waals surface area contributed by atoms with E-state index < -0.39 is 11.8 Å². The summed E-state index contributed by atoms with van der Waals surface area (Å²) in [6.07, 6.45) is 0.968. The molecule has 2 fully saturated rings. The van der Waals surface area contributed by atoms with E-state index in [1.807, 2.05) is 13.8 Å². The smallest absolute Gasteiger partial charge is 0.163 e. The minimum atomic E-state index is -0.646. The van der Waals surface area contributed by atoms with Gasteiger partial charge in [0.25, 0.3) is 0 Å². The van der Waals surface area contributed by atoms with Crippen molar-refractivity contribution in [3.8, 4) is 0 Å². The summed E-state index contributed by atoms with van der Waals surface area (Å²) in [5.41, 5.74) is 8.44. The number of hydrogen-bond acceptors (Lipinski definition) is 4. The van der Waals surface area contributed by atoms with Crippen LogP contribution in [0.25, 0.3) is 10.4 Å². The van der Waals surface area contributed by atoms with Crippen LogP contribution in [-0.4, -0.2) is 30.3 Å². The first-order valence-electron chi connectivity index (χ1n) is 4.92. The summed E-state index contributed by atoms with van der Waals surface area (Å²) < 4.78 is 11.2. The Morgan fingerprint density at radius 3 is 2.87 bits per heavy atom. The Morgan fingerprint density at radius 1 is 1.53 bits per heavy atom. The molecule has 2 aliphatic rings. The first-order chi connectivity index (χ1) is 7.07. The summed E-state index contributed by atoms with van der Waals surface area (Å²) in [4.78, 5) is 13.5. The number of ether oxygens (including phenoxy) is 2. The van der Waals surface area contributed by atoms with Gasteiger partial charge in [-0.3, -0.25) is 0 Å². The van der Waals surface area contributed by atoms with E-state index >= 15 is 0 Å². The Morgan fingerprint density at radius 2 is 2.27 bits per heavy atom. The maximum absolute atomic E-state index is 10.8. The van der Waals surface area contributed by atoms with Crippen LogP contribution in [0.15, 0.2) is 5.11 Å². The second kappa shape index (κ2) is 3.48. The molecule has 1 aliphatic carbocycles. The normalized spacial score (nSPS) is 42.0. The van der Waals surface area contributed by atoms with Crippen LogP contribution in [0.3, 0.4) is 0 Å². The van der Waals surface area contributed by atoms with Gasteiger partial charge in [-0.2, -0.15) is 0 Å². The van der Waals surface area contributed by atoms with E-state index in [4.69, 9.17) is 15.0 Å². The third-order valence-corrected chi connectivity index (χ3v) is 2.86. The summed E-state index contributed by atoms with van der Waals surface area (Å²) in [6.45, 7) is 3.63. The first-order valence-corrected chi connectivity index (χ1v) is 4.92. The van der Waals surface area contributed by atoms with E-state index in [1.165, 1.54) is 0 Å². The number of hydrogen-bond donors (Lipinski definition) is 0. The monoisotopic (exact) mass is 211 g/mol. The molecule has 1 heterocycles. The molecule has 4 atom stereocenters. The van der Waals surface area contributed by atoms with Crippen molar-refractivity contribution < 1.29 is 14.3 Å². The van der Waals surface area contributed by atoms with Crippen molar-refractivity contribution in [1.82, 2.24) is 0 Å². The summed E-state index contributed by atoms with van der Waals surface area (Å²) in [5, 5.41) is 3.63. The van der Waals surface area contributed by atoms with Crippen molar-refractivity contribution in [3.05, 3.63) is 10.4 Å². The number of carbonyl (C=O) groups is 1. The summed E-state index contributed by atoms with van der Waals surface area (Å²) in [5.74, 6) is -0.932. The molecule has 1 saturated heterocycles. The van der Waals surface area contributed by atoms with E-state index in [0.29, 0.717) is 6.42 Å². The van der Waals surface area contributed by atoms with E-state index in [0.717, 1.165) is 6.29 Å². The van der Waals surface area contributed by atoms with Gasteiger partial charge >= 0.3 is 0 Å². The molecule has 6 heteroatoms. The van der Waals surface area contributed by atoms with Crippen LogP contribution in [-0.2, 0) is 14.3 Å². The zero-order valence-corrected chi connectivity index (χ0v) is 8.66. The number of fused-ring (bicyclic) bond motifs is 1. The predicted octanol–water partition coefficient (Wildman–Crippen LogP) is 1.40. The van der Waals surface area contributed by atoms with E-state index in [1.54, 1.807) is 0 Å². The lowest BCUT2D eigenvalue weighted by atomic mass is 10.1. The highest BCUT2D eigenvalue weighted by Gasteiger charge is 2.52. The van der Waals surface area contributed by atoms with Gasteiger partial charge in [-0.25, -0.2) is 0 Å². The van der Waals surface area contributed by atoms with Gasteiger partial charge in [0.1, 0.15) is 6.29 Å². The second-order valence-corrected chi connectivity index (χ2v) is 4.37. The predicted molar refractivity (Wildman–Crippen MR) is 50.9 cm³/mol. The quantitative estimate of drug-likeness (QED) is 0.299. The molecule has 6 nitrogen and oxygen atoms in total. The molecule has 2 rings (SSSR count). The van der Waals surface area contributed by atoms with Crippen molar-refractivity contribution in [3.63, 3.8) is 0 Å². The van der Waals surface area contributed by atoms with Crippen molar-refractivity contribution in [1.29, 1.82) is 0 Å². The fourth-order valence-electron chi connectivity index (χ4n) is 2.33. The highest BCUT2D eigenvalue weighted by Crippen LogP contribution is 2.41. The fourth-order valence-corrected chi connectivity index (χ4v) is 2.33. The van der Waals surface area contributed by atoms with Crippen molar-refractivity contribution in [2.75, 3.05) is 0 Å². The van der Waals surface area contributed by atoms with Gasteiger partial charge in [-0.1, -0.05) is 5.11 Å². The van der Waals surface area contributed by atoms with Crippen LogP contribution in [0.4, 0.5) is 0 Å². The van der Waals surface area contributed by atoms with Crippen molar-refractivity contribution in [2.45, 2.75) is 44.3 Å². The largest absolute Gasteiger partial charge is 0.345 e. The lowest BCUT2D eigenvalue weighted by Gasteiger charge is -2.21. The molecule has 15 heavy (non-hydrogen) atoms. The number of carbonyl (C=O) groups excluding carboxylic acids is 1. The van der Waals surface area contributed by atoms with Gasteiger partial charge in [-0.15, -0.1) is 0 Å². The second-order valence-electron chi connectivity index (χ2n) is 4.37. The molecule has 0 N–H and O–H groups in total. The molecular weight excluding hydrogens is 198 g/mol. The maximum atomic E-state index is 10.8. The van der Waals surface area contributed by atoms with Crippen LogP contribution in [0.2, 0.25) is 0 Å². The molecule has 0 aromatic heterocycles. The minimum Gasteiger partial charge on any atom is -0.345 e.